The molecule has 0 aliphatic rings. The van der Waals surface area contributed by atoms with Crippen LogP contribution in [0.1, 0.15) is 19.0 Å². The van der Waals surface area contributed by atoms with E-state index in [2.05, 4.69) is 27.5 Å². The summed E-state index contributed by atoms with van der Waals surface area (Å²) in [5.74, 6) is 0. The van der Waals surface area contributed by atoms with E-state index in [4.69, 9.17) is 0 Å². The van der Waals surface area contributed by atoms with Crippen LogP contribution in [0.5, 0.6) is 0 Å². The normalized spacial score (nSPS) is 10.3. The Labute approximate surface area is 109 Å². The number of aromatic amines is 1. The molecular formula is C12H16N4OS. The zero-order valence-corrected chi connectivity index (χ0v) is 11.0. The maximum absolute atomic E-state index is 11.0. The fourth-order valence-electron chi connectivity index (χ4n) is 1.50. The van der Waals surface area contributed by atoms with Crippen LogP contribution in [0.4, 0.5) is 11.4 Å². The van der Waals surface area contributed by atoms with Gasteiger partial charge in [0.1, 0.15) is 0 Å². The molecule has 2 aromatic rings. The number of aromatic nitrogens is 2. The van der Waals surface area contributed by atoms with E-state index >= 15 is 0 Å². The number of rotatable bonds is 6. The molecule has 0 fully saturated rings. The number of hydrogen-bond donors (Lipinski definition) is 3. The molecule has 0 saturated carbocycles. The van der Waals surface area contributed by atoms with E-state index in [1.54, 1.807) is 12.4 Å². The molecule has 0 spiro atoms. The summed E-state index contributed by atoms with van der Waals surface area (Å²) in [6, 6.07) is 2.01. The molecule has 96 valence electrons. The van der Waals surface area contributed by atoms with Gasteiger partial charge in [-0.05, 0) is 12.5 Å². The summed E-state index contributed by atoms with van der Waals surface area (Å²) < 4.78 is 0. The number of nitrogens with one attached hydrogen (secondary N) is 3. The van der Waals surface area contributed by atoms with Crippen LogP contribution in [0, 0.1) is 0 Å². The van der Waals surface area contributed by atoms with Crippen LogP contribution in [-0.2, 0) is 6.54 Å². The van der Waals surface area contributed by atoms with Crippen LogP contribution in [-0.4, -0.2) is 16.5 Å². The highest BCUT2D eigenvalue weighted by Gasteiger charge is 1.98. The zero-order chi connectivity index (χ0) is 12.8. The largest absolute Gasteiger partial charge is 0.384 e. The van der Waals surface area contributed by atoms with Crippen molar-refractivity contribution < 1.29 is 0 Å². The average molecular weight is 264 g/mol. The van der Waals surface area contributed by atoms with E-state index in [0.29, 0.717) is 6.54 Å². The van der Waals surface area contributed by atoms with Crippen LogP contribution in [0.25, 0.3) is 0 Å². The molecule has 2 aromatic heterocycles. The highest BCUT2D eigenvalue weighted by atomic mass is 32.1. The summed E-state index contributed by atoms with van der Waals surface area (Å²) in [5.41, 5.74) is 2.82. The van der Waals surface area contributed by atoms with Gasteiger partial charge in [-0.1, -0.05) is 18.3 Å². The van der Waals surface area contributed by atoms with E-state index in [9.17, 15) is 4.79 Å². The predicted molar refractivity (Wildman–Crippen MR) is 75.3 cm³/mol. The van der Waals surface area contributed by atoms with Gasteiger partial charge in [-0.25, -0.2) is 0 Å². The molecule has 0 amide bonds. The third kappa shape index (κ3) is 3.59. The molecule has 0 aliphatic carbocycles. The quantitative estimate of drug-likeness (QED) is 0.748. The molecule has 3 N–H and O–H groups in total. The minimum Gasteiger partial charge on any atom is -0.384 e. The van der Waals surface area contributed by atoms with Gasteiger partial charge in [-0.2, -0.15) is 0 Å². The van der Waals surface area contributed by atoms with Crippen molar-refractivity contribution in [2.75, 3.05) is 17.2 Å². The van der Waals surface area contributed by atoms with Crippen molar-refractivity contribution in [2.45, 2.75) is 19.9 Å². The highest BCUT2D eigenvalue weighted by Crippen LogP contribution is 2.13. The van der Waals surface area contributed by atoms with Crippen LogP contribution >= 0.6 is 11.3 Å². The molecule has 0 atom stereocenters. The van der Waals surface area contributed by atoms with Crippen LogP contribution in [0.15, 0.2) is 28.6 Å². The van der Waals surface area contributed by atoms with Crippen molar-refractivity contribution in [1.82, 2.24) is 9.97 Å². The SMILES string of the molecule is CCCNc1cncc(NCc2csc(=O)[nH]2)c1. The van der Waals surface area contributed by atoms with Crippen molar-refractivity contribution in [3.05, 3.63) is 39.2 Å². The van der Waals surface area contributed by atoms with E-state index < -0.39 is 0 Å². The van der Waals surface area contributed by atoms with Crippen molar-refractivity contribution in [1.29, 1.82) is 0 Å². The van der Waals surface area contributed by atoms with Gasteiger partial charge in [-0.3, -0.25) is 9.78 Å². The zero-order valence-electron chi connectivity index (χ0n) is 10.2. The van der Waals surface area contributed by atoms with Crippen molar-refractivity contribution in [3.8, 4) is 0 Å². The van der Waals surface area contributed by atoms with Gasteiger partial charge in [-0.15, -0.1) is 0 Å². The number of pyridine rings is 1. The Hall–Kier alpha value is -1.82. The van der Waals surface area contributed by atoms with Crippen LogP contribution in [0.2, 0.25) is 0 Å². The summed E-state index contributed by atoms with van der Waals surface area (Å²) in [6.45, 7) is 3.65. The number of anilines is 2. The molecule has 6 heteroatoms. The summed E-state index contributed by atoms with van der Waals surface area (Å²) in [7, 11) is 0. The highest BCUT2D eigenvalue weighted by molar-refractivity contribution is 7.07. The molecule has 0 radical (unpaired) electrons. The third-order valence-electron chi connectivity index (χ3n) is 2.37. The fraction of sp³-hybridized carbons (Fsp3) is 0.333. The second-order valence-electron chi connectivity index (χ2n) is 3.92. The van der Waals surface area contributed by atoms with Gasteiger partial charge < -0.3 is 15.6 Å². The summed E-state index contributed by atoms with van der Waals surface area (Å²) >= 11 is 1.17. The summed E-state index contributed by atoms with van der Waals surface area (Å²) in [5, 5.41) is 8.33. The van der Waals surface area contributed by atoms with Crippen LogP contribution < -0.4 is 15.5 Å². The van der Waals surface area contributed by atoms with E-state index in [1.165, 1.54) is 11.3 Å². The van der Waals surface area contributed by atoms with Crippen molar-refractivity contribution in [3.63, 3.8) is 0 Å². The van der Waals surface area contributed by atoms with Gasteiger partial charge in [0.15, 0.2) is 0 Å². The lowest BCUT2D eigenvalue weighted by Crippen LogP contribution is -2.04. The Morgan fingerprint density at radius 2 is 2.11 bits per heavy atom. The Kier molecular flexibility index (Phi) is 4.35. The van der Waals surface area contributed by atoms with Crippen LogP contribution in [0.3, 0.4) is 0 Å². The summed E-state index contributed by atoms with van der Waals surface area (Å²) in [6.07, 6.45) is 4.64. The number of nitrogens with zero attached hydrogens (tertiary/aromatic N) is 1. The topological polar surface area (TPSA) is 69.8 Å². The minimum atomic E-state index is -0.0247. The average Bonchev–Trinajstić information content (AvgIpc) is 2.80. The molecule has 0 unspecified atom stereocenters. The van der Waals surface area contributed by atoms with Gasteiger partial charge in [0.05, 0.1) is 30.3 Å². The predicted octanol–water partition coefficient (Wildman–Crippen LogP) is 2.27. The maximum atomic E-state index is 11.0. The molecule has 18 heavy (non-hydrogen) atoms. The smallest absolute Gasteiger partial charge is 0.304 e. The third-order valence-corrected chi connectivity index (χ3v) is 3.09. The van der Waals surface area contributed by atoms with Gasteiger partial charge in [0, 0.05) is 17.6 Å². The Balaban J connectivity index is 1.94. The van der Waals surface area contributed by atoms with E-state index in [1.807, 2.05) is 11.4 Å². The first-order valence-corrected chi connectivity index (χ1v) is 6.75. The molecule has 2 heterocycles. The monoisotopic (exact) mass is 264 g/mol. The first kappa shape index (κ1) is 12.6. The lowest BCUT2D eigenvalue weighted by Gasteiger charge is -2.08. The summed E-state index contributed by atoms with van der Waals surface area (Å²) in [4.78, 5) is 17.9. The number of thiazole rings is 1. The Bertz CT molecular complexity index is 549. The van der Waals surface area contributed by atoms with E-state index in [0.717, 1.165) is 30.0 Å². The van der Waals surface area contributed by atoms with E-state index in [-0.39, 0.29) is 4.87 Å². The van der Waals surface area contributed by atoms with Gasteiger partial charge >= 0.3 is 4.87 Å². The number of hydrogen-bond acceptors (Lipinski definition) is 5. The Morgan fingerprint density at radius 3 is 2.78 bits per heavy atom. The molecule has 0 bridgehead atoms. The molecular weight excluding hydrogens is 248 g/mol. The first-order valence-electron chi connectivity index (χ1n) is 5.87. The molecule has 0 saturated heterocycles. The second-order valence-corrected chi connectivity index (χ2v) is 4.76. The molecule has 0 aromatic carbocycles. The standard InChI is InChI=1S/C12H16N4OS/c1-2-3-14-9-4-10(6-13-5-9)15-7-11-8-18-12(17)16-11/h4-6,8,14-15H,2-3,7H2,1H3,(H,16,17). The fourth-order valence-corrected chi connectivity index (χ4v) is 2.08. The molecule has 2 rings (SSSR count). The second kappa shape index (κ2) is 6.20. The first-order chi connectivity index (χ1) is 8.78. The minimum absolute atomic E-state index is 0.0247. The molecule has 0 aliphatic heterocycles. The van der Waals surface area contributed by atoms with Gasteiger partial charge in [0.2, 0.25) is 0 Å². The lowest BCUT2D eigenvalue weighted by molar-refractivity contribution is 0.977. The van der Waals surface area contributed by atoms with Crippen molar-refractivity contribution >= 4 is 22.7 Å². The van der Waals surface area contributed by atoms with Gasteiger partial charge in [0.25, 0.3) is 0 Å². The van der Waals surface area contributed by atoms with Crippen molar-refractivity contribution in [2.24, 2.45) is 0 Å². The molecule has 5 nitrogen and oxygen atoms in total. The number of H-pyrrole nitrogens is 1. The maximum Gasteiger partial charge on any atom is 0.304 e. The lowest BCUT2D eigenvalue weighted by atomic mass is 10.3. The Morgan fingerprint density at radius 1 is 1.33 bits per heavy atom.